The molecular formula is C20H21N5O3. The predicted octanol–water partition coefficient (Wildman–Crippen LogP) is 2.09. The van der Waals surface area contributed by atoms with Gasteiger partial charge in [0.15, 0.2) is 0 Å². The van der Waals surface area contributed by atoms with E-state index in [1.807, 2.05) is 37.3 Å². The Hall–Kier alpha value is -3.42. The van der Waals surface area contributed by atoms with Crippen LogP contribution in [0.15, 0.2) is 59.7 Å². The Balaban J connectivity index is 1.35. The van der Waals surface area contributed by atoms with Crippen molar-refractivity contribution >= 4 is 11.8 Å². The monoisotopic (exact) mass is 379 g/mol. The van der Waals surface area contributed by atoms with Crippen molar-refractivity contribution in [2.75, 3.05) is 6.54 Å². The molecule has 3 heterocycles. The van der Waals surface area contributed by atoms with Gasteiger partial charge in [0, 0.05) is 13.0 Å². The largest absolute Gasteiger partial charge is 0.467 e. The normalized spacial score (nSPS) is 17.7. The van der Waals surface area contributed by atoms with Gasteiger partial charge < -0.3 is 14.6 Å². The number of amides is 2. The number of nitrogens with zero attached hydrogens (tertiary/aromatic N) is 4. The highest BCUT2D eigenvalue weighted by atomic mass is 16.3. The van der Waals surface area contributed by atoms with Crippen molar-refractivity contribution in [1.82, 2.24) is 25.0 Å². The topological polar surface area (TPSA) is 93.3 Å². The SMILES string of the molecule is CC(NC(=O)C1CC(=O)N(Cc2ccco2)C1)c1ccc(-n2cncn2)cc1. The third-order valence-corrected chi connectivity index (χ3v) is 4.95. The van der Waals surface area contributed by atoms with E-state index in [9.17, 15) is 9.59 Å². The van der Waals surface area contributed by atoms with Crippen LogP contribution in [0.4, 0.5) is 0 Å². The van der Waals surface area contributed by atoms with Crippen molar-refractivity contribution in [3.8, 4) is 5.69 Å². The maximum absolute atomic E-state index is 12.6. The highest BCUT2D eigenvalue weighted by Gasteiger charge is 2.35. The lowest BCUT2D eigenvalue weighted by Gasteiger charge is -2.18. The van der Waals surface area contributed by atoms with E-state index in [0.29, 0.717) is 13.1 Å². The maximum Gasteiger partial charge on any atom is 0.225 e. The first kappa shape index (κ1) is 18.0. The van der Waals surface area contributed by atoms with Gasteiger partial charge in [-0.25, -0.2) is 9.67 Å². The molecule has 3 aromatic rings. The van der Waals surface area contributed by atoms with Crippen molar-refractivity contribution < 1.29 is 14.0 Å². The Morgan fingerprint density at radius 3 is 2.82 bits per heavy atom. The smallest absolute Gasteiger partial charge is 0.225 e. The minimum absolute atomic E-state index is 0.0265. The van der Waals surface area contributed by atoms with Crippen molar-refractivity contribution in [2.45, 2.75) is 25.9 Å². The molecule has 1 aromatic carbocycles. The minimum atomic E-state index is -0.348. The first-order valence-electron chi connectivity index (χ1n) is 9.15. The molecule has 1 N–H and O–H groups in total. The van der Waals surface area contributed by atoms with E-state index in [1.165, 1.54) is 6.33 Å². The predicted molar refractivity (Wildman–Crippen MR) is 100 cm³/mol. The molecule has 2 aromatic heterocycles. The zero-order chi connectivity index (χ0) is 19.5. The fraction of sp³-hybridized carbons (Fsp3) is 0.300. The molecule has 144 valence electrons. The lowest BCUT2D eigenvalue weighted by Crippen LogP contribution is -2.34. The third-order valence-electron chi connectivity index (χ3n) is 4.95. The molecule has 1 saturated heterocycles. The Morgan fingerprint density at radius 2 is 2.14 bits per heavy atom. The average Bonchev–Trinajstić information content (AvgIpc) is 3.45. The number of furan rings is 1. The average molecular weight is 379 g/mol. The molecule has 1 fully saturated rings. The number of hydrogen-bond donors (Lipinski definition) is 1. The summed E-state index contributed by atoms with van der Waals surface area (Å²) < 4.78 is 6.97. The van der Waals surface area contributed by atoms with Gasteiger partial charge in [0.05, 0.1) is 30.5 Å². The summed E-state index contributed by atoms with van der Waals surface area (Å²) in [5.41, 5.74) is 1.88. The molecule has 4 rings (SSSR count). The first-order chi connectivity index (χ1) is 13.6. The summed E-state index contributed by atoms with van der Waals surface area (Å²) in [6.07, 6.45) is 4.92. The lowest BCUT2D eigenvalue weighted by atomic mass is 10.0. The van der Waals surface area contributed by atoms with Crippen LogP contribution in [-0.2, 0) is 16.1 Å². The summed E-state index contributed by atoms with van der Waals surface area (Å²) in [4.78, 5) is 30.5. The van der Waals surface area contributed by atoms with E-state index in [1.54, 1.807) is 28.2 Å². The minimum Gasteiger partial charge on any atom is -0.467 e. The molecule has 1 aliphatic heterocycles. The molecule has 0 spiro atoms. The molecule has 8 heteroatoms. The molecule has 2 unspecified atom stereocenters. The molecule has 2 atom stereocenters. The van der Waals surface area contributed by atoms with E-state index in [0.717, 1.165) is 17.0 Å². The van der Waals surface area contributed by atoms with Crippen LogP contribution in [0, 0.1) is 5.92 Å². The van der Waals surface area contributed by atoms with Gasteiger partial charge in [0.2, 0.25) is 11.8 Å². The summed E-state index contributed by atoms with van der Waals surface area (Å²) in [5.74, 6) is 0.235. The fourth-order valence-electron chi connectivity index (χ4n) is 3.36. The molecule has 0 radical (unpaired) electrons. The van der Waals surface area contributed by atoms with Crippen LogP contribution < -0.4 is 5.32 Å². The van der Waals surface area contributed by atoms with Gasteiger partial charge in [0.1, 0.15) is 18.4 Å². The van der Waals surface area contributed by atoms with E-state index in [-0.39, 0.29) is 30.2 Å². The van der Waals surface area contributed by atoms with Crippen LogP contribution in [-0.4, -0.2) is 38.0 Å². The van der Waals surface area contributed by atoms with Gasteiger partial charge in [-0.2, -0.15) is 5.10 Å². The number of carbonyl (C=O) groups is 2. The standard InChI is InChI=1S/C20H21N5O3/c1-14(15-4-6-17(7-5-15)25-13-21-12-22-25)23-20(27)16-9-19(26)24(10-16)11-18-3-2-8-28-18/h2-8,12-14,16H,9-11H2,1H3,(H,23,27). The molecule has 0 aliphatic carbocycles. The van der Waals surface area contributed by atoms with Crippen molar-refractivity contribution in [3.63, 3.8) is 0 Å². The zero-order valence-electron chi connectivity index (χ0n) is 15.5. The molecule has 0 bridgehead atoms. The highest BCUT2D eigenvalue weighted by molar-refractivity contribution is 5.89. The quantitative estimate of drug-likeness (QED) is 0.708. The fourth-order valence-corrected chi connectivity index (χ4v) is 3.36. The summed E-state index contributed by atoms with van der Waals surface area (Å²) in [7, 11) is 0. The molecule has 1 aliphatic rings. The number of benzene rings is 1. The Labute approximate surface area is 162 Å². The molecular weight excluding hydrogens is 358 g/mol. The number of hydrogen-bond acceptors (Lipinski definition) is 5. The van der Waals surface area contributed by atoms with Gasteiger partial charge in [0.25, 0.3) is 0 Å². The molecule has 8 nitrogen and oxygen atoms in total. The van der Waals surface area contributed by atoms with Gasteiger partial charge in [-0.15, -0.1) is 0 Å². The third kappa shape index (κ3) is 3.80. The molecule has 2 amide bonds. The zero-order valence-corrected chi connectivity index (χ0v) is 15.5. The Bertz CT molecular complexity index is 935. The summed E-state index contributed by atoms with van der Waals surface area (Å²) >= 11 is 0. The number of carbonyl (C=O) groups excluding carboxylic acids is 2. The van der Waals surface area contributed by atoms with Crippen LogP contribution in [0.5, 0.6) is 0 Å². The van der Waals surface area contributed by atoms with E-state index in [2.05, 4.69) is 15.4 Å². The van der Waals surface area contributed by atoms with Crippen LogP contribution in [0.3, 0.4) is 0 Å². The number of nitrogens with one attached hydrogen (secondary N) is 1. The summed E-state index contributed by atoms with van der Waals surface area (Å²) in [6, 6.07) is 11.2. The van der Waals surface area contributed by atoms with Crippen LogP contribution in [0.2, 0.25) is 0 Å². The Kier molecular flexibility index (Phi) is 4.92. The van der Waals surface area contributed by atoms with Crippen molar-refractivity contribution in [2.24, 2.45) is 5.92 Å². The maximum atomic E-state index is 12.6. The first-order valence-corrected chi connectivity index (χ1v) is 9.15. The second-order valence-electron chi connectivity index (χ2n) is 6.92. The van der Waals surface area contributed by atoms with E-state index < -0.39 is 0 Å². The van der Waals surface area contributed by atoms with Gasteiger partial charge in [-0.3, -0.25) is 9.59 Å². The van der Waals surface area contributed by atoms with Crippen LogP contribution in [0.1, 0.15) is 30.7 Å². The second kappa shape index (κ2) is 7.67. The van der Waals surface area contributed by atoms with E-state index in [4.69, 9.17) is 4.42 Å². The van der Waals surface area contributed by atoms with E-state index >= 15 is 0 Å². The number of likely N-dealkylation sites (tertiary alicyclic amines) is 1. The van der Waals surface area contributed by atoms with Crippen LogP contribution in [0.25, 0.3) is 5.69 Å². The number of aromatic nitrogens is 3. The summed E-state index contributed by atoms with van der Waals surface area (Å²) in [6.45, 7) is 2.73. The Morgan fingerprint density at radius 1 is 1.32 bits per heavy atom. The molecule has 28 heavy (non-hydrogen) atoms. The van der Waals surface area contributed by atoms with Gasteiger partial charge in [-0.1, -0.05) is 12.1 Å². The lowest BCUT2D eigenvalue weighted by molar-refractivity contribution is -0.129. The highest BCUT2D eigenvalue weighted by Crippen LogP contribution is 2.22. The second-order valence-corrected chi connectivity index (χ2v) is 6.92. The number of rotatable bonds is 6. The molecule has 0 saturated carbocycles. The van der Waals surface area contributed by atoms with Crippen molar-refractivity contribution in [3.05, 3.63) is 66.6 Å². The summed E-state index contributed by atoms with van der Waals surface area (Å²) in [5, 5.41) is 7.11. The van der Waals surface area contributed by atoms with Gasteiger partial charge in [-0.05, 0) is 36.8 Å². The van der Waals surface area contributed by atoms with Crippen LogP contribution >= 0.6 is 0 Å². The van der Waals surface area contributed by atoms with Crippen molar-refractivity contribution in [1.29, 1.82) is 0 Å². The van der Waals surface area contributed by atoms with Gasteiger partial charge >= 0.3 is 0 Å².